The lowest BCUT2D eigenvalue weighted by Crippen LogP contribution is -2.24. The summed E-state index contributed by atoms with van der Waals surface area (Å²) in [4.78, 5) is 2.37. The van der Waals surface area contributed by atoms with Crippen molar-refractivity contribution in [3.8, 4) is 0 Å². The first-order valence-electron chi connectivity index (χ1n) is 5.85. The number of nitrogens with two attached hydrogens (primary N) is 1. The summed E-state index contributed by atoms with van der Waals surface area (Å²) in [5.41, 5.74) is 7.21. The van der Waals surface area contributed by atoms with E-state index in [9.17, 15) is 0 Å². The van der Waals surface area contributed by atoms with Gasteiger partial charge >= 0.3 is 0 Å². The third-order valence-electron chi connectivity index (χ3n) is 3.53. The van der Waals surface area contributed by atoms with E-state index in [0.717, 1.165) is 11.6 Å². The molecule has 1 aliphatic heterocycles. The summed E-state index contributed by atoms with van der Waals surface area (Å²) in [6.07, 6.45) is 1.24. The molecule has 0 spiro atoms. The van der Waals surface area contributed by atoms with Gasteiger partial charge in [0.2, 0.25) is 0 Å². The Hall–Kier alpha value is -0.570. The van der Waals surface area contributed by atoms with Crippen LogP contribution in [-0.4, -0.2) is 31.6 Å². The van der Waals surface area contributed by atoms with Crippen LogP contribution in [0.25, 0.3) is 0 Å². The van der Waals surface area contributed by atoms with Crippen molar-refractivity contribution in [3.05, 3.63) is 34.9 Å². The molecule has 0 aliphatic carbocycles. The molecule has 1 aromatic carbocycles. The van der Waals surface area contributed by atoms with E-state index in [0.29, 0.717) is 18.4 Å². The topological polar surface area (TPSA) is 29.3 Å². The van der Waals surface area contributed by atoms with E-state index in [2.05, 4.69) is 24.1 Å². The summed E-state index contributed by atoms with van der Waals surface area (Å²) >= 11 is 6.03. The normalized spacial score (nSPS) is 23.6. The SMILES string of the molecule is CN1CCC(C(CN)c2cccc(Cl)c2)C1. The highest BCUT2D eigenvalue weighted by Crippen LogP contribution is 2.31. The second-order valence-electron chi connectivity index (χ2n) is 4.71. The third-order valence-corrected chi connectivity index (χ3v) is 3.76. The Bertz CT molecular complexity index is 354. The van der Waals surface area contributed by atoms with E-state index in [4.69, 9.17) is 17.3 Å². The molecule has 2 N–H and O–H groups in total. The molecule has 1 fully saturated rings. The minimum atomic E-state index is 0.448. The first-order valence-corrected chi connectivity index (χ1v) is 6.22. The second-order valence-corrected chi connectivity index (χ2v) is 5.14. The number of halogens is 1. The van der Waals surface area contributed by atoms with Gasteiger partial charge in [-0.15, -0.1) is 0 Å². The predicted octanol–water partition coefficient (Wildman–Crippen LogP) is 2.33. The molecule has 1 saturated heterocycles. The minimum absolute atomic E-state index is 0.448. The number of hydrogen-bond donors (Lipinski definition) is 1. The summed E-state index contributed by atoms with van der Waals surface area (Å²) in [5, 5.41) is 0.808. The van der Waals surface area contributed by atoms with Crippen molar-refractivity contribution < 1.29 is 0 Å². The molecule has 2 unspecified atom stereocenters. The summed E-state index contributed by atoms with van der Waals surface area (Å²) in [6.45, 7) is 3.04. The molecule has 2 atom stereocenters. The van der Waals surface area contributed by atoms with Crippen molar-refractivity contribution >= 4 is 11.6 Å². The molecule has 1 aromatic rings. The molecule has 0 aromatic heterocycles. The Morgan fingerprint density at radius 3 is 2.94 bits per heavy atom. The van der Waals surface area contributed by atoms with Crippen molar-refractivity contribution in [1.29, 1.82) is 0 Å². The number of likely N-dealkylation sites (tertiary alicyclic amines) is 1. The van der Waals surface area contributed by atoms with E-state index in [1.165, 1.54) is 18.5 Å². The van der Waals surface area contributed by atoms with Crippen LogP contribution in [0, 0.1) is 5.92 Å². The minimum Gasteiger partial charge on any atom is -0.330 e. The highest BCUT2D eigenvalue weighted by atomic mass is 35.5. The van der Waals surface area contributed by atoms with Crippen LogP contribution in [0.15, 0.2) is 24.3 Å². The molecule has 1 heterocycles. The quantitative estimate of drug-likeness (QED) is 0.876. The van der Waals surface area contributed by atoms with Crippen LogP contribution in [0.3, 0.4) is 0 Å². The van der Waals surface area contributed by atoms with Crippen molar-refractivity contribution in [3.63, 3.8) is 0 Å². The maximum absolute atomic E-state index is 6.03. The Morgan fingerprint density at radius 1 is 1.56 bits per heavy atom. The molecule has 88 valence electrons. The maximum Gasteiger partial charge on any atom is 0.0408 e. The van der Waals surface area contributed by atoms with Crippen LogP contribution in [0.1, 0.15) is 17.9 Å². The summed E-state index contributed by atoms with van der Waals surface area (Å²) in [5.74, 6) is 1.12. The Morgan fingerprint density at radius 2 is 2.38 bits per heavy atom. The monoisotopic (exact) mass is 238 g/mol. The Kier molecular flexibility index (Phi) is 3.85. The van der Waals surface area contributed by atoms with Gasteiger partial charge < -0.3 is 10.6 Å². The first kappa shape index (κ1) is 11.9. The van der Waals surface area contributed by atoms with Crippen LogP contribution in [0.4, 0.5) is 0 Å². The molecule has 0 bridgehead atoms. The number of hydrogen-bond acceptors (Lipinski definition) is 2. The van der Waals surface area contributed by atoms with Gasteiger partial charge in [-0.3, -0.25) is 0 Å². The van der Waals surface area contributed by atoms with Crippen LogP contribution in [0.2, 0.25) is 5.02 Å². The Balaban J connectivity index is 2.16. The van der Waals surface area contributed by atoms with Gasteiger partial charge in [0.25, 0.3) is 0 Å². The van der Waals surface area contributed by atoms with Gasteiger partial charge in [-0.2, -0.15) is 0 Å². The fourth-order valence-corrected chi connectivity index (χ4v) is 2.83. The molecule has 1 aliphatic rings. The van der Waals surface area contributed by atoms with Gasteiger partial charge in [0, 0.05) is 17.5 Å². The highest BCUT2D eigenvalue weighted by Gasteiger charge is 2.27. The molecule has 0 radical (unpaired) electrons. The summed E-state index contributed by atoms with van der Waals surface area (Å²) < 4.78 is 0. The molecular formula is C13H19ClN2. The molecule has 2 nitrogen and oxygen atoms in total. The lowest BCUT2D eigenvalue weighted by atomic mass is 9.85. The van der Waals surface area contributed by atoms with Gasteiger partial charge in [0.1, 0.15) is 0 Å². The molecule has 16 heavy (non-hydrogen) atoms. The maximum atomic E-state index is 6.03. The van der Waals surface area contributed by atoms with E-state index in [1.54, 1.807) is 0 Å². The molecule has 2 rings (SSSR count). The fraction of sp³-hybridized carbons (Fsp3) is 0.538. The lowest BCUT2D eigenvalue weighted by molar-refractivity contribution is 0.371. The molecular weight excluding hydrogens is 220 g/mol. The zero-order chi connectivity index (χ0) is 11.5. The number of nitrogens with zero attached hydrogens (tertiary/aromatic N) is 1. The predicted molar refractivity (Wildman–Crippen MR) is 68.9 cm³/mol. The van der Waals surface area contributed by atoms with Gasteiger partial charge in [-0.1, -0.05) is 23.7 Å². The fourth-order valence-electron chi connectivity index (χ4n) is 2.64. The van der Waals surface area contributed by atoms with Crippen LogP contribution >= 0.6 is 11.6 Å². The number of benzene rings is 1. The summed E-state index contributed by atoms with van der Waals surface area (Å²) in [6, 6.07) is 8.12. The van der Waals surface area contributed by atoms with Crippen molar-refractivity contribution in [2.75, 3.05) is 26.7 Å². The van der Waals surface area contributed by atoms with Crippen LogP contribution < -0.4 is 5.73 Å². The average molecular weight is 239 g/mol. The van der Waals surface area contributed by atoms with E-state index >= 15 is 0 Å². The highest BCUT2D eigenvalue weighted by molar-refractivity contribution is 6.30. The van der Waals surface area contributed by atoms with Crippen molar-refractivity contribution in [2.45, 2.75) is 12.3 Å². The van der Waals surface area contributed by atoms with E-state index in [1.807, 2.05) is 12.1 Å². The molecule has 3 heteroatoms. The smallest absolute Gasteiger partial charge is 0.0408 e. The van der Waals surface area contributed by atoms with Gasteiger partial charge in [0.05, 0.1) is 0 Å². The first-order chi connectivity index (χ1) is 7.70. The second kappa shape index (κ2) is 5.17. The van der Waals surface area contributed by atoms with Crippen molar-refractivity contribution in [2.24, 2.45) is 11.7 Å². The van der Waals surface area contributed by atoms with Gasteiger partial charge in [0.15, 0.2) is 0 Å². The zero-order valence-corrected chi connectivity index (χ0v) is 10.5. The van der Waals surface area contributed by atoms with Crippen LogP contribution in [0.5, 0.6) is 0 Å². The third kappa shape index (κ3) is 2.57. The Labute approximate surface area is 102 Å². The summed E-state index contributed by atoms with van der Waals surface area (Å²) in [7, 11) is 2.17. The zero-order valence-electron chi connectivity index (χ0n) is 9.70. The average Bonchev–Trinajstić information content (AvgIpc) is 2.66. The largest absolute Gasteiger partial charge is 0.330 e. The van der Waals surface area contributed by atoms with E-state index in [-0.39, 0.29) is 0 Å². The standard InChI is InChI=1S/C13H19ClN2/c1-16-6-5-11(9-16)13(8-15)10-3-2-4-12(14)7-10/h2-4,7,11,13H,5-6,8-9,15H2,1H3. The van der Waals surface area contributed by atoms with E-state index < -0.39 is 0 Å². The van der Waals surface area contributed by atoms with Gasteiger partial charge in [-0.25, -0.2) is 0 Å². The molecule has 0 amide bonds. The molecule has 0 saturated carbocycles. The van der Waals surface area contributed by atoms with Gasteiger partial charge in [-0.05, 0) is 50.2 Å². The lowest BCUT2D eigenvalue weighted by Gasteiger charge is -2.22. The van der Waals surface area contributed by atoms with Crippen LogP contribution in [-0.2, 0) is 0 Å². The van der Waals surface area contributed by atoms with Crippen molar-refractivity contribution in [1.82, 2.24) is 4.90 Å². The number of rotatable bonds is 3.